The minimum Gasteiger partial charge on any atom is -0.506 e. The van der Waals surface area contributed by atoms with Crippen molar-refractivity contribution >= 4 is 11.0 Å². The van der Waals surface area contributed by atoms with Crippen LogP contribution in [-0.4, -0.2) is 17.2 Å². The zero-order valence-electron chi connectivity index (χ0n) is 18.2. The van der Waals surface area contributed by atoms with Crippen molar-refractivity contribution in [2.45, 2.75) is 6.92 Å². The van der Waals surface area contributed by atoms with Crippen LogP contribution in [0.25, 0.3) is 44.6 Å². The predicted octanol–water partition coefficient (Wildman–Crippen LogP) is 6.21. The van der Waals surface area contributed by atoms with E-state index in [2.05, 4.69) is 0 Å². The van der Waals surface area contributed by atoms with Crippen LogP contribution in [0.2, 0.25) is 0 Å². The van der Waals surface area contributed by atoms with Gasteiger partial charge in [-0.2, -0.15) is 0 Å². The Bertz CT molecular complexity index is 1520. The molecule has 5 heteroatoms. The minimum atomic E-state index is -0.632. The van der Waals surface area contributed by atoms with E-state index in [1.54, 1.807) is 19.2 Å². The summed E-state index contributed by atoms with van der Waals surface area (Å²) in [5.41, 5.74) is 4.26. The van der Waals surface area contributed by atoms with Crippen molar-refractivity contribution in [2.75, 3.05) is 7.11 Å². The maximum Gasteiger partial charge on any atom is 0.349 e. The smallest absolute Gasteiger partial charge is 0.349 e. The van der Waals surface area contributed by atoms with Gasteiger partial charge in [0.1, 0.15) is 22.6 Å². The van der Waals surface area contributed by atoms with Crippen molar-refractivity contribution < 1.29 is 14.3 Å². The molecule has 5 nitrogen and oxygen atoms in total. The third-order valence-electron chi connectivity index (χ3n) is 5.68. The summed E-state index contributed by atoms with van der Waals surface area (Å²) in [6, 6.07) is 26.5. The lowest BCUT2D eigenvalue weighted by atomic mass is 9.99. The van der Waals surface area contributed by atoms with E-state index in [0.717, 1.165) is 28.0 Å². The molecule has 3 aromatic carbocycles. The standard InChI is InChI=1S/C28H21NO4/c1-17-7-6-10-22-26(30)25(28(31)33-27(17)22)24-16-20(18-11-13-21(32-2)14-12-18)15-23(29-24)19-8-4-3-5-9-19/h3-16,30H,1-2H3. The number of hydrogen-bond acceptors (Lipinski definition) is 5. The lowest BCUT2D eigenvalue weighted by molar-refractivity contribution is 0.415. The molecule has 2 heterocycles. The predicted molar refractivity (Wildman–Crippen MR) is 130 cm³/mol. The zero-order valence-corrected chi connectivity index (χ0v) is 18.2. The summed E-state index contributed by atoms with van der Waals surface area (Å²) >= 11 is 0. The summed E-state index contributed by atoms with van der Waals surface area (Å²) in [5.74, 6) is 0.614. The molecular formula is C28H21NO4. The molecule has 0 saturated heterocycles. The van der Waals surface area contributed by atoms with E-state index < -0.39 is 5.63 Å². The Morgan fingerprint density at radius 3 is 2.27 bits per heavy atom. The van der Waals surface area contributed by atoms with Crippen LogP contribution in [-0.2, 0) is 0 Å². The van der Waals surface area contributed by atoms with Gasteiger partial charge >= 0.3 is 5.63 Å². The number of aromatic hydroxyl groups is 1. The molecule has 0 amide bonds. The van der Waals surface area contributed by atoms with Gasteiger partial charge in [0.25, 0.3) is 0 Å². The summed E-state index contributed by atoms with van der Waals surface area (Å²) < 4.78 is 10.9. The SMILES string of the molecule is COc1ccc(-c2cc(-c3ccccc3)nc(-c3c(O)c4cccc(C)c4oc3=O)c2)cc1. The van der Waals surface area contributed by atoms with E-state index in [9.17, 15) is 9.90 Å². The van der Waals surface area contributed by atoms with E-state index in [1.807, 2.05) is 79.7 Å². The van der Waals surface area contributed by atoms with Gasteiger partial charge in [-0.25, -0.2) is 9.78 Å². The summed E-state index contributed by atoms with van der Waals surface area (Å²) in [6.45, 7) is 1.83. The van der Waals surface area contributed by atoms with Gasteiger partial charge in [-0.1, -0.05) is 54.6 Å². The van der Waals surface area contributed by atoms with Gasteiger partial charge in [0.15, 0.2) is 0 Å². The van der Waals surface area contributed by atoms with Crippen LogP contribution in [0, 0.1) is 6.92 Å². The van der Waals surface area contributed by atoms with Crippen molar-refractivity contribution in [3.05, 3.63) is 101 Å². The molecule has 0 spiro atoms. The Morgan fingerprint density at radius 2 is 1.55 bits per heavy atom. The molecule has 0 saturated carbocycles. The molecule has 0 bridgehead atoms. The second kappa shape index (κ2) is 8.28. The number of para-hydroxylation sites is 1. The molecule has 0 aliphatic rings. The fraction of sp³-hybridized carbons (Fsp3) is 0.0714. The van der Waals surface area contributed by atoms with Crippen molar-refractivity contribution in [3.63, 3.8) is 0 Å². The van der Waals surface area contributed by atoms with Gasteiger partial charge in [-0.15, -0.1) is 0 Å². The van der Waals surface area contributed by atoms with Crippen molar-refractivity contribution in [3.8, 4) is 45.1 Å². The van der Waals surface area contributed by atoms with Crippen LogP contribution in [0.4, 0.5) is 0 Å². The Morgan fingerprint density at radius 1 is 0.818 bits per heavy atom. The highest BCUT2D eigenvalue weighted by molar-refractivity contribution is 5.92. The van der Waals surface area contributed by atoms with E-state index in [-0.39, 0.29) is 11.3 Å². The van der Waals surface area contributed by atoms with Crippen molar-refractivity contribution in [1.82, 2.24) is 4.98 Å². The molecule has 33 heavy (non-hydrogen) atoms. The van der Waals surface area contributed by atoms with Gasteiger partial charge < -0.3 is 14.3 Å². The highest BCUT2D eigenvalue weighted by Gasteiger charge is 2.20. The number of benzene rings is 3. The van der Waals surface area contributed by atoms with Crippen LogP contribution in [0.5, 0.6) is 11.5 Å². The fourth-order valence-electron chi connectivity index (χ4n) is 3.94. The first kappa shape index (κ1) is 20.5. The number of ether oxygens (including phenoxy) is 1. The zero-order chi connectivity index (χ0) is 22.9. The molecule has 1 N–H and O–H groups in total. The number of hydrogen-bond donors (Lipinski definition) is 1. The first-order valence-electron chi connectivity index (χ1n) is 10.5. The van der Waals surface area contributed by atoms with E-state index in [1.165, 1.54) is 0 Å². The monoisotopic (exact) mass is 435 g/mol. The van der Waals surface area contributed by atoms with Crippen LogP contribution in [0.3, 0.4) is 0 Å². The Kier molecular flexibility index (Phi) is 5.15. The summed E-state index contributed by atoms with van der Waals surface area (Å²) in [5, 5.41) is 11.6. The summed E-state index contributed by atoms with van der Waals surface area (Å²) in [4.78, 5) is 17.7. The van der Waals surface area contributed by atoms with Gasteiger partial charge in [-0.05, 0) is 53.9 Å². The number of methoxy groups -OCH3 is 1. The van der Waals surface area contributed by atoms with Gasteiger partial charge in [0.05, 0.1) is 23.9 Å². The van der Waals surface area contributed by atoms with E-state index in [0.29, 0.717) is 22.4 Å². The second-order valence-corrected chi connectivity index (χ2v) is 7.79. The molecule has 0 atom stereocenters. The molecule has 0 radical (unpaired) electrons. The minimum absolute atomic E-state index is 0.0423. The Labute approximate surface area is 190 Å². The number of aryl methyl sites for hydroxylation is 1. The number of rotatable bonds is 4. The van der Waals surface area contributed by atoms with Crippen LogP contribution in [0.15, 0.2) is 94.1 Å². The number of aromatic nitrogens is 1. The van der Waals surface area contributed by atoms with Crippen LogP contribution < -0.4 is 10.4 Å². The van der Waals surface area contributed by atoms with Crippen LogP contribution in [0.1, 0.15) is 5.56 Å². The normalized spacial score (nSPS) is 11.0. The molecular weight excluding hydrogens is 414 g/mol. The second-order valence-electron chi connectivity index (χ2n) is 7.79. The first-order valence-corrected chi connectivity index (χ1v) is 10.5. The van der Waals surface area contributed by atoms with Gasteiger partial charge in [0, 0.05) is 5.56 Å². The summed E-state index contributed by atoms with van der Waals surface area (Å²) in [7, 11) is 1.62. The molecule has 162 valence electrons. The van der Waals surface area contributed by atoms with Crippen LogP contribution >= 0.6 is 0 Å². The molecule has 2 aromatic heterocycles. The maximum absolute atomic E-state index is 13.0. The number of fused-ring (bicyclic) bond motifs is 1. The molecule has 0 unspecified atom stereocenters. The molecule has 0 fully saturated rings. The number of nitrogens with zero attached hydrogens (tertiary/aromatic N) is 1. The Hall–Kier alpha value is -4.38. The van der Waals surface area contributed by atoms with Crippen molar-refractivity contribution in [2.24, 2.45) is 0 Å². The largest absolute Gasteiger partial charge is 0.506 e. The fourth-order valence-corrected chi connectivity index (χ4v) is 3.94. The molecule has 5 aromatic rings. The van der Waals surface area contributed by atoms with E-state index >= 15 is 0 Å². The average Bonchev–Trinajstić information content (AvgIpc) is 2.85. The van der Waals surface area contributed by atoms with Gasteiger partial charge in [-0.3, -0.25) is 0 Å². The van der Waals surface area contributed by atoms with E-state index in [4.69, 9.17) is 14.1 Å². The first-order chi connectivity index (χ1) is 16.0. The highest BCUT2D eigenvalue weighted by Crippen LogP contribution is 2.36. The molecule has 0 aliphatic heterocycles. The third kappa shape index (κ3) is 3.74. The topological polar surface area (TPSA) is 72.6 Å². The van der Waals surface area contributed by atoms with Crippen molar-refractivity contribution in [1.29, 1.82) is 0 Å². The highest BCUT2D eigenvalue weighted by atomic mass is 16.5. The molecule has 5 rings (SSSR count). The quantitative estimate of drug-likeness (QED) is 0.340. The number of pyridine rings is 1. The lowest BCUT2D eigenvalue weighted by Crippen LogP contribution is -2.06. The molecule has 0 aliphatic carbocycles. The lowest BCUT2D eigenvalue weighted by Gasteiger charge is -2.12. The maximum atomic E-state index is 13.0. The summed E-state index contributed by atoms with van der Waals surface area (Å²) in [6.07, 6.45) is 0. The average molecular weight is 435 g/mol. The van der Waals surface area contributed by atoms with Gasteiger partial charge in [0.2, 0.25) is 0 Å². The Balaban J connectivity index is 1.78. The third-order valence-corrected chi connectivity index (χ3v) is 5.68.